The molecule has 1 aromatic heterocycles. The summed E-state index contributed by atoms with van der Waals surface area (Å²) in [6.45, 7) is 7.43. The number of aromatic nitrogens is 2. The average molecular weight is 193 g/mol. The Bertz CT molecular complexity index is 312. The number of nitrogens with one attached hydrogen (secondary N) is 1. The third-order valence-electron chi connectivity index (χ3n) is 2.92. The first-order chi connectivity index (χ1) is 6.70. The zero-order valence-corrected chi connectivity index (χ0v) is 9.25. The van der Waals surface area contributed by atoms with Gasteiger partial charge in [-0.1, -0.05) is 0 Å². The van der Waals surface area contributed by atoms with Crippen LogP contribution >= 0.6 is 0 Å². The number of anilines is 1. The topological polar surface area (TPSA) is 29.9 Å². The van der Waals surface area contributed by atoms with Crippen LogP contribution in [0.4, 0.5) is 5.95 Å². The number of rotatable bonds is 4. The molecule has 0 aliphatic heterocycles. The van der Waals surface area contributed by atoms with Crippen molar-refractivity contribution in [1.29, 1.82) is 0 Å². The van der Waals surface area contributed by atoms with E-state index < -0.39 is 0 Å². The third-order valence-corrected chi connectivity index (χ3v) is 2.92. The van der Waals surface area contributed by atoms with Gasteiger partial charge in [0.1, 0.15) is 0 Å². The van der Waals surface area contributed by atoms with Gasteiger partial charge in [0.15, 0.2) is 0 Å². The molecule has 1 aromatic rings. The van der Waals surface area contributed by atoms with Crippen LogP contribution in [-0.4, -0.2) is 15.6 Å². The van der Waals surface area contributed by atoms with Crippen molar-refractivity contribution in [1.82, 2.24) is 9.55 Å². The summed E-state index contributed by atoms with van der Waals surface area (Å²) in [5.41, 5.74) is 1.09. The predicted octanol–water partition coefficient (Wildman–Crippen LogP) is 2.42. The minimum absolute atomic E-state index is 0.571. The van der Waals surface area contributed by atoms with E-state index in [1.54, 1.807) is 0 Å². The van der Waals surface area contributed by atoms with Crippen molar-refractivity contribution in [3.8, 4) is 0 Å². The van der Waals surface area contributed by atoms with Crippen molar-refractivity contribution in [2.45, 2.75) is 46.2 Å². The second kappa shape index (κ2) is 3.64. The SMILES string of the molecule is CCn1cc(C)nc1NC(C)C1CC1. The molecule has 0 radical (unpaired) electrons. The van der Waals surface area contributed by atoms with E-state index in [1.165, 1.54) is 12.8 Å². The van der Waals surface area contributed by atoms with E-state index in [2.05, 4.69) is 34.9 Å². The summed E-state index contributed by atoms with van der Waals surface area (Å²) in [5.74, 6) is 1.90. The lowest BCUT2D eigenvalue weighted by Crippen LogP contribution is -2.20. The molecule has 2 rings (SSSR count). The predicted molar refractivity (Wildman–Crippen MR) is 58.4 cm³/mol. The molecule has 1 heterocycles. The van der Waals surface area contributed by atoms with Gasteiger partial charge in [-0.2, -0.15) is 0 Å². The molecule has 1 fully saturated rings. The van der Waals surface area contributed by atoms with E-state index in [9.17, 15) is 0 Å². The maximum Gasteiger partial charge on any atom is 0.203 e. The highest BCUT2D eigenvalue weighted by atomic mass is 15.2. The molecule has 1 unspecified atom stereocenters. The summed E-state index contributed by atoms with van der Waals surface area (Å²) in [5, 5.41) is 3.50. The fourth-order valence-electron chi connectivity index (χ4n) is 1.82. The van der Waals surface area contributed by atoms with Crippen LogP contribution in [-0.2, 0) is 6.54 Å². The van der Waals surface area contributed by atoms with Crippen LogP contribution in [0.25, 0.3) is 0 Å². The van der Waals surface area contributed by atoms with Crippen LogP contribution in [0.1, 0.15) is 32.4 Å². The van der Waals surface area contributed by atoms with Gasteiger partial charge in [-0.05, 0) is 39.5 Å². The number of imidazole rings is 1. The molecular weight excluding hydrogens is 174 g/mol. The van der Waals surface area contributed by atoms with E-state index >= 15 is 0 Å². The Kier molecular flexibility index (Phi) is 2.48. The van der Waals surface area contributed by atoms with Crippen LogP contribution in [0.2, 0.25) is 0 Å². The lowest BCUT2D eigenvalue weighted by molar-refractivity contribution is 0.667. The van der Waals surface area contributed by atoms with Crippen molar-refractivity contribution in [3.05, 3.63) is 11.9 Å². The van der Waals surface area contributed by atoms with Gasteiger partial charge in [-0.3, -0.25) is 0 Å². The van der Waals surface area contributed by atoms with E-state index in [1.807, 2.05) is 6.92 Å². The first-order valence-electron chi connectivity index (χ1n) is 5.51. The number of hydrogen-bond acceptors (Lipinski definition) is 2. The molecule has 0 bridgehead atoms. The van der Waals surface area contributed by atoms with Gasteiger partial charge in [-0.15, -0.1) is 0 Å². The van der Waals surface area contributed by atoms with Gasteiger partial charge in [0.05, 0.1) is 5.69 Å². The lowest BCUT2D eigenvalue weighted by Gasteiger charge is -2.14. The second-order valence-corrected chi connectivity index (χ2v) is 4.26. The second-order valence-electron chi connectivity index (χ2n) is 4.26. The van der Waals surface area contributed by atoms with Gasteiger partial charge in [0, 0.05) is 18.8 Å². The van der Waals surface area contributed by atoms with Gasteiger partial charge < -0.3 is 9.88 Å². The third kappa shape index (κ3) is 1.91. The fraction of sp³-hybridized carbons (Fsp3) is 0.727. The Morgan fingerprint density at radius 2 is 2.36 bits per heavy atom. The Labute approximate surface area is 85.5 Å². The maximum atomic E-state index is 4.48. The monoisotopic (exact) mass is 193 g/mol. The molecule has 1 aliphatic carbocycles. The van der Waals surface area contributed by atoms with Crippen molar-refractivity contribution < 1.29 is 0 Å². The normalized spacial score (nSPS) is 18.2. The minimum Gasteiger partial charge on any atom is -0.353 e. The van der Waals surface area contributed by atoms with Crippen LogP contribution in [0.15, 0.2) is 6.20 Å². The molecule has 1 saturated carbocycles. The van der Waals surface area contributed by atoms with Crippen molar-refractivity contribution in [2.24, 2.45) is 5.92 Å². The first-order valence-corrected chi connectivity index (χ1v) is 5.51. The lowest BCUT2D eigenvalue weighted by atomic mass is 10.2. The number of aryl methyl sites for hydroxylation is 2. The molecule has 3 nitrogen and oxygen atoms in total. The van der Waals surface area contributed by atoms with Crippen molar-refractivity contribution in [3.63, 3.8) is 0 Å². The van der Waals surface area contributed by atoms with E-state index in [0.717, 1.165) is 24.1 Å². The van der Waals surface area contributed by atoms with E-state index in [4.69, 9.17) is 0 Å². The molecule has 0 amide bonds. The summed E-state index contributed by atoms with van der Waals surface area (Å²) in [4.78, 5) is 4.48. The summed E-state index contributed by atoms with van der Waals surface area (Å²) >= 11 is 0. The highest BCUT2D eigenvalue weighted by Gasteiger charge is 2.28. The Hall–Kier alpha value is -0.990. The molecule has 78 valence electrons. The highest BCUT2D eigenvalue weighted by molar-refractivity contribution is 5.30. The molecular formula is C11H19N3. The highest BCUT2D eigenvalue weighted by Crippen LogP contribution is 2.33. The summed E-state index contributed by atoms with van der Waals surface area (Å²) < 4.78 is 2.17. The molecule has 1 atom stereocenters. The summed E-state index contributed by atoms with van der Waals surface area (Å²) in [6, 6.07) is 0.571. The van der Waals surface area contributed by atoms with Gasteiger partial charge in [-0.25, -0.2) is 4.98 Å². The van der Waals surface area contributed by atoms with E-state index in [0.29, 0.717) is 6.04 Å². The Balaban J connectivity index is 2.06. The van der Waals surface area contributed by atoms with Crippen LogP contribution in [0.5, 0.6) is 0 Å². The van der Waals surface area contributed by atoms with Crippen molar-refractivity contribution in [2.75, 3.05) is 5.32 Å². The molecule has 1 N–H and O–H groups in total. The molecule has 0 saturated heterocycles. The minimum atomic E-state index is 0.571. The van der Waals surface area contributed by atoms with Crippen LogP contribution in [0.3, 0.4) is 0 Å². The van der Waals surface area contributed by atoms with Crippen molar-refractivity contribution >= 4 is 5.95 Å². The largest absolute Gasteiger partial charge is 0.353 e. The van der Waals surface area contributed by atoms with E-state index in [-0.39, 0.29) is 0 Å². The molecule has 14 heavy (non-hydrogen) atoms. The Morgan fingerprint density at radius 1 is 1.64 bits per heavy atom. The fourth-order valence-corrected chi connectivity index (χ4v) is 1.82. The Morgan fingerprint density at radius 3 is 2.93 bits per heavy atom. The first kappa shape index (κ1) is 9.56. The standard InChI is InChI=1S/C11H19N3/c1-4-14-7-8(2)12-11(14)13-9(3)10-5-6-10/h7,9-10H,4-6H2,1-3H3,(H,12,13). The number of hydrogen-bond donors (Lipinski definition) is 1. The van der Waals surface area contributed by atoms with Gasteiger partial charge >= 0.3 is 0 Å². The zero-order valence-electron chi connectivity index (χ0n) is 9.25. The van der Waals surface area contributed by atoms with Crippen LogP contribution in [0, 0.1) is 12.8 Å². The molecule has 1 aliphatic rings. The van der Waals surface area contributed by atoms with Gasteiger partial charge in [0.2, 0.25) is 5.95 Å². The molecule has 0 aromatic carbocycles. The zero-order chi connectivity index (χ0) is 10.1. The maximum absolute atomic E-state index is 4.48. The van der Waals surface area contributed by atoms with Gasteiger partial charge in [0.25, 0.3) is 0 Å². The smallest absolute Gasteiger partial charge is 0.203 e. The molecule has 0 spiro atoms. The average Bonchev–Trinajstić information content (AvgIpc) is 2.92. The number of nitrogens with zero attached hydrogens (tertiary/aromatic N) is 2. The quantitative estimate of drug-likeness (QED) is 0.796. The van der Waals surface area contributed by atoms with Crippen LogP contribution < -0.4 is 5.32 Å². The molecule has 3 heteroatoms. The summed E-state index contributed by atoms with van der Waals surface area (Å²) in [6.07, 6.45) is 4.85. The summed E-state index contributed by atoms with van der Waals surface area (Å²) in [7, 11) is 0.